The maximum Gasteiger partial charge on any atom is 0.263 e. The maximum atomic E-state index is 12.0. The van der Waals surface area contributed by atoms with Gasteiger partial charge in [0.2, 0.25) is 0 Å². The van der Waals surface area contributed by atoms with Crippen LogP contribution in [0.4, 0.5) is 17.5 Å². The summed E-state index contributed by atoms with van der Waals surface area (Å²) < 4.78 is 0. The van der Waals surface area contributed by atoms with Gasteiger partial charge in [0.05, 0.1) is 11.2 Å². The number of hydrogen-bond acceptors (Lipinski definition) is 8. The molecule has 3 aromatic heterocycles. The Balaban J connectivity index is 1.48. The SMILES string of the molecule is Cc1ncsc1C(=O)NCCNc1cc(Nc2ccccn2)ncn1. The van der Waals surface area contributed by atoms with Gasteiger partial charge in [-0.3, -0.25) is 4.79 Å². The summed E-state index contributed by atoms with van der Waals surface area (Å²) in [7, 11) is 0. The Bertz CT molecular complexity index is 837. The highest BCUT2D eigenvalue weighted by atomic mass is 32.1. The standard InChI is InChI=1S/C16H17N7OS/c1-11-15(25-10-22-11)16(24)19-7-6-18-13-8-14(21-9-20-13)23-12-4-2-3-5-17-12/h2-5,8-10H,6-7H2,1H3,(H,19,24)(H2,17,18,20,21,23). The lowest BCUT2D eigenvalue weighted by atomic mass is 10.4. The van der Waals surface area contributed by atoms with Crippen LogP contribution in [-0.4, -0.2) is 38.9 Å². The number of amides is 1. The molecule has 0 fully saturated rings. The van der Waals surface area contributed by atoms with Crippen molar-refractivity contribution in [2.45, 2.75) is 6.92 Å². The van der Waals surface area contributed by atoms with Crippen LogP contribution in [0, 0.1) is 6.92 Å². The molecule has 0 saturated heterocycles. The summed E-state index contributed by atoms with van der Waals surface area (Å²) in [4.78, 5) is 29.2. The molecule has 0 aromatic carbocycles. The zero-order chi connectivity index (χ0) is 17.5. The third-order valence-corrected chi connectivity index (χ3v) is 4.18. The maximum absolute atomic E-state index is 12.0. The molecule has 128 valence electrons. The number of hydrogen-bond donors (Lipinski definition) is 3. The fraction of sp³-hybridized carbons (Fsp3) is 0.188. The van der Waals surface area contributed by atoms with Crippen LogP contribution in [-0.2, 0) is 0 Å². The molecule has 0 aliphatic carbocycles. The van der Waals surface area contributed by atoms with Crippen LogP contribution in [0.3, 0.4) is 0 Å². The van der Waals surface area contributed by atoms with Crippen molar-refractivity contribution in [1.29, 1.82) is 0 Å². The predicted octanol–water partition coefficient (Wildman–Crippen LogP) is 2.22. The largest absolute Gasteiger partial charge is 0.368 e. The van der Waals surface area contributed by atoms with Gasteiger partial charge in [-0.1, -0.05) is 6.07 Å². The van der Waals surface area contributed by atoms with Gasteiger partial charge in [0.1, 0.15) is 28.7 Å². The number of pyridine rings is 1. The average Bonchev–Trinajstić information content (AvgIpc) is 3.06. The van der Waals surface area contributed by atoms with E-state index < -0.39 is 0 Å². The number of anilines is 3. The second-order valence-electron chi connectivity index (χ2n) is 5.08. The molecule has 3 heterocycles. The molecule has 0 saturated carbocycles. The predicted molar refractivity (Wildman–Crippen MR) is 97.2 cm³/mol. The lowest BCUT2D eigenvalue weighted by molar-refractivity contribution is 0.0958. The van der Waals surface area contributed by atoms with E-state index in [0.717, 1.165) is 5.69 Å². The monoisotopic (exact) mass is 355 g/mol. The topological polar surface area (TPSA) is 105 Å². The van der Waals surface area contributed by atoms with Crippen LogP contribution in [0.15, 0.2) is 42.3 Å². The van der Waals surface area contributed by atoms with Gasteiger partial charge in [0, 0.05) is 25.4 Å². The summed E-state index contributed by atoms with van der Waals surface area (Å²) in [5, 5.41) is 9.10. The molecule has 0 atom stereocenters. The molecule has 25 heavy (non-hydrogen) atoms. The van der Waals surface area contributed by atoms with E-state index >= 15 is 0 Å². The summed E-state index contributed by atoms with van der Waals surface area (Å²) in [6.45, 7) is 2.84. The van der Waals surface area contributed by atoms with E-state index in [4.69, 9.17) is 0 Å². The lowest BCUT2D eigenvalue weighted by Crippen LogP contribution is -2.28. The second-order valence-corrected chi connectivity index (χ2v) is 5.93. The van der Waals surface area contributed by atoms with Crippen molar-refractivity contribution >= 4 is 34.7 Å². The molecule has 1 amide bonds. The minimum atomic E-state index is -0.109. The summed E-state index contributed by atoms with van der Waals surface area (Å²) in [6, 6.07) is 7.37. The van der Waals surface area contributed by atoms with E-state index in [2.05, 4.69) is 35.9 Å². The third-order valence-electron chi connectivity index (χ3n) is 3.26. The number of aryl methyl sites for hydroxylation is 1. The van der Waals surface area contributed by atoms with Crippen molar-refractivity contribution in [3.05, 3.63) is 52.9 Å². The van der Waals surface area contributed by atoms with E-state index in [1.54, 1.807) is 17.8 Å². The first-order valence-electron chi connectivity index (χ1n) is 7.64. The first-order valence-corrected chi connectivity index (χ1v) is 8.52. The molecule has 0 aliphatic heterocycles. The Hall–Kier alpha value is -3.07. The smallest absolute Gasteiger partial charge is 0.263 e. The van der Waals surface area contributed by atoms with Gasteiger partial charge in [-0.25, -0.2) is 19.9 Å². The van der Waals surface area contributed by atoms with E-state index in [0.29, 0.717) is 35.4 Å². The Morgan fingerprint density at radius 1 is 1.08 bits per heavy atom. The van der Waals surface area contributed by atoms with Gasteiger partial charge in [0.25, 0.3) is 5.91 Å². The van der Waals surface area contributed by atoms with Gasteiger partial charge >= 0.3 is 0 Å². The summed E-state index contributed by atoms with van der Waals surface area (Å²) in [5.41, 5.74) is 2.41. The first-order chi connectivity index (χ1) is 12.2. The zero-order valence-corrected chi connectivity index (χ0v) is 14.4. The second kappa shape index (κ2) is 8.15. The summed E-state index contributed by atoms with van der Waals surface area (Å²) in [6.07, 6.45) is 3.17. The molecule has 0 aliphatic rings. The van der Waals surface area contributed by atoms with Gasteiger partial charge in [0.15, 0.2) is 0 Å². The summed E-state index contributed by atoms with van der Waals surface area (Å²) in [5.74, 6) is 1.90. The van der Waals surface area contributed by atoms with E-state index in [1.807, 2.05) is 25.1 Å². The highest BCUT2D eigenvalue weighted by Crippen LogP contribution is 2.13. The number of carbonyl (C=O) groups is 1. The van der Waals surface area contributed by atoms with Gasteiger partial charge < -0.3 is 16.0 Å². The molecule has 0 spiro atoms. The normalized spacial score (nSPS) is 10.3. The Morgan fingerprint density at radius 2 is 1.96 bits per heavy atom. The molecule has 0 unspecified atom stereocenters. The molecule has 9 heteroatoms. The fourth-order valence-corrected chi connectivity index (χ4v) is 2.78. The highest BCUT2D eigenvalue weighted by Gasteiger charge is 2.10. The average molecular weight is 355 g/mol. The van der Waals surface area contributed by atoms with Crippen molar-refractivity contribution in [3.8, 4) is 0 Å². The first kappa shape index (κ1) is 16.8. The van der Waals surface area contributed by atoms with Gasteiger partial charge in [-0.05, 0) is 19.1 Å². The molecule has 0 bridgehead atoms. The number of rotatable bonds is 7. The fourth-order valence-electron chi connectivity index (χ4n) is 2.06. The van der Waals surface area contributed by atoms with Crippen LogP contribution in [0.2, 0.25) is 0 Å². The zero-order valence-electron chi connectivity index (χ0n) is 13.6. The minimum absolute atomic E-state index is 0.109. The van der Waals surface area contributed by atoms with Gasteiger partial charge in [-0.2, -0.15) is 0 Å². The van der Waals surface area contributed by atoms with Crippen molar-refractivity contribution in [2.24, 2.45) is 0 Å². The molecular formula is C16H17N7OS. The highest BCUT2D eigenvalue weighted by molar-refractivity contribution is 7.11. The van der Waals surface area contributed by atoms with Crippen LogP contribution in [0.5, 0.6) is 0 Å². The molecule has 3 aromatic rings. The Kier molecular flexibility index (Phi) is 5.47. The van der Waals surface area contributed by atoms with Crippen LogP contribution < -0.4 is 16.0 Å². The lowest BCUT2D eigenvalue weighted by Gasteiger charge is -2.09. The molecule has 3 rings (SSSR count). The van der Waals surface area contributed by atoms with Crippen LogP contribution in [0.25, 0.3) is 0 Å². The van der Waals surface area contributed by atoms with E-state index in [-0.39, 0.29) is 5.91 Å². The van der Waals surface area contributed by atoms with E-state index in [1.165, 1.54) is 17.7 Å². The number of nitrogens with one attached hydrogen (secondary N) is 3. The van der Waals surface area contributed by atoms with Gasteiger partial charge in [-0.15, -0.1) is 11.3 Å². The molecule has 3 N–H and O–H groups in total. The number of thiazole rings is 1. The minimum Gasteiger partial charge on any atom is -0.368 e. The van der Waals surface area contributed by atoms with Crippen LogP contribution in [0.1, 0.15) is 15.4 Å². The quantitative estimate of drug-likeness (QED) is 0.558. The van der Waals surface area contributed by atoms with Crippen molar-refractivity contribution in [3.63, 3.8) is 0 Å². The van der Waals surface area contributed by atoms with Crippen molar-refractivity contribution in [1.82, 2.24) is 25.3 Å². The van der Waals surface area contributed by atoms with Crippen LogP contribution >= 0.6 is 11.3 Å². The number of nitrogens with zero attached hydrogens (tertiary/aromatic N) is 4. The van der Waals surface area contributed by atoms with Crippen molar-refractivity contribution < 1.29 is 4.79 Å². The van der Waals surface area contributed by atoms with Crippen molar-refractivity contribution in [2.75, 3.05) is 23.7 Å². The van der Waals surface area contributed by atoms with E-state index in [9.17, 15) is 4.79 Å². The third kappa shape index (κ3) is 4.70. The number of aromatic nitrogens is 4. The molecule has 8 nitrogen and oxygen atoms in total. The molecular weight excluding hydrogens is 338 g/mol. The molecule has 0 radical (unpaired) electrons. The Morgan fingerprint density at radius 3 is 2.72 bits per heavy atom. The Labute approximate surface area is 148 Å². The summed E-state index contributed by atoms with van der Waals surface area (Å²) >= 11 is 1.34. The number of carbonyl (C=O) groups excluding carboxylic acids is 1.